The van der Waals surface area contributed by atoms with Crippen LogP contribution in [0.5, 0.6) is 11.5 Å². The van der Waals surface area contributed by atoms with Gasteiger partial charge in [0.15, 0.2) is 11.5 Å². The molecule has 0 N–H and O–H groups in total. The molecule has 3 aromatic carbocycles. The van der Waals surface area contributed by atoms with Crippen LogP contribution in [0.3, 0.4) is 0 Å². The van der Waals surface area contributed by atoms with E-state index in [1.165, 1.54) is 38.5 Å². The van der Waals surface area contributed by atoms with Crippen molar-refractivity contribution >= 4 is 23.1 Å². The van der Waals surface area contributed by atoms with Gasteiger partial charge in [-0.3, -0.25) is 9.59 Å². The van der Waals surface area contributed by atoms with Crippen LogP contribution in [0.4, 0.5) is 10.1 Å². The molecular weight excluding hydrogens is 423 g/mol. The number of imide groups is 1. The number of methoxy groups -OCH3 is 2. The molecule has 1 heterocycles. The Balaban J connectivity index is 1.80. The van der Waals surface area contributed by atoms with Gasteiger partial charge in [0.1, 0.15) is 11.5 Å². The van der Waals surface area contributed by atoms with Gasteiger partial charge < -0.3 is 14.4 Å². The van der Waals surface area contributed by atoms with Crippen molar-refractivity contribution in [3.05, 3.63) is 95.4 Å². The Kier molecular flexibility index (Phi) is 6.13. The van der Waals surface area contributed by atoms with Crippen LogP contribution in [-0.2, 0) is 16.1 Å². The Morgan fingerprint density at radius 3 is 2.15 bits per heavy atom. The van der Waals surface area contributed by atoms with E-state index in [9.17, 15) is 14.0 Å². The number of benzene rings is 3. The predicted molar refractivity (Wildman–Crippen MR) is 123 cm³/mol. The van der Waals surface area contributed by atoms with Gasteiger partial charge in [0.25, 0.3) is 11.8 Å². The summed E-state index contributed by atoms with van der Waals surface area (Å²) in [5.74, 6) is -0.510. The fraction of sp³-hybridized carbons (Fsp3) is 0.154. The molecule has 7 heteroatoms. The first kappa shape index (κ1) is 22.1. The number of hydrogen-bond donors (Lipinski definition) is 0. The average molecular weight is 446 g/mol. The Hall–Kier alpha value is -4.13. The molecule has 0 saturated heterocycles. The van der Waals surface area contributed by atoms with Crippen molar-refractivity contribution in [2.75, 3.05) is 26.2 Å². The lowest BCUT2D eigenvalue weighted by Crippen LogP contribution is -2.34. The second-order valence-corrected chi connectivity index (χ2v) is 7.56. The first-order chi connectivity index (χ1) is 15.9. The minimum atomic E-state index is -0.492. The van der Waals surface area contributed by atoms with Crippen LogP contribution in [0.15, 0.2) is 78.5 Å². The Morgan fingerprint density at radius 1 is 0.848 bits per heavy atom. The first-order valence-electron chi connectivity index (χ1n) is 10.3. The Bertz CT molecular complexity index is 1220. The minimum Gasteiger partial charge on any atom is -0.493 e. The summed E-state index contributed by atoms with van der Waals surface area (Å²) in [6, 6.07) is 20.0. The maximum Gasteiger partial charge on any atom is 0.282 e. The summed E-state index contributed by atoms with van der Waals surface area (Å²) < 4.78 is 24.2. The number of rotatable bonds is 7. The second kappa shape index (κ2) is 9.16. The van der Waals surface area contributed by atoms with Gasteiger partial charge in [0.2, 0.25) is 0 Å². The zero-order chi connectivity index (χ0) is 23.5. The topological polar surface area (TPSA) is 59.1 Å². The molecular formula is C26H23FN2O4. The molecule has 168 valence electrons. The number of ether oxygens (including phenoxy) is 2. The summed E-state index contributed by atoms with van der Waals surface area (Å²) in [5, 5.41) is 0. The van der Waals surface area contributed by atoms with Crippen LogP contribution >= 0.6 is 0 Å². The van der Waals surface area contributed by atoms with Crippen LogP contribution < -0.4 is 14.4 Å². The molecule has 4 rings (SSSR count). The van der Waals surface area contributed by atoms with E-state index in [2.05, 4.69) is 0 Å². The lowest BCUT2D eigenvalue weighted by atomic mass is 10.0. The van der Waals surface area contributed by atoms with E-state index in [0.717, 1.165) is 10.5 Å². The van der Waals surface area contributed by atoms with Crippen LogP contribution in [0.2, 0.25) is 0 Å². The molecule has 33 heavy (non-hydrogen) atoms. The number of halogens is 1. The van der Waals surface area contributed by atoms with Crippen molar-refractivity contribution < 1.29 is 23.5 Å². The standard InChI is InChI=1S/C26H23FN2O4/c1-28(16-17-7-5-4-6-8-17)24-23(18-9-11-19(27)12-10-18)25(30)29(26(24)31)20-13-14-21(32-2)22(15-20)33-3/h4-15H,16H2,1-3H3. The minimum absolute atomic E-state index is 0.216. The highest BCUT2D eigenvalue weighted by Gasteiger charge is 2.42. The molecule has 1 aliphatic rings. The zero-order valence-corrected chi connectivity index (χ0v) is 18.5. The van der Waals surface area contributed by atoms with Crippen molar-refractivity contribution in [1.82, 2.24) is 4.90 Å². The average Bonchev–Trinajstić information content (AvgIpc) is 3.09. The molecule has 0 radical (unpaired) electrons. The third-order valence-electron chi connectivity index (χ3n) is 5.46. The van der Waals surface area contributed by atoms with Crippen LogP contribution in [0.1, 0.15) is 11.1 Å². The summed E-state index contributed by atoms with van der Waals surface area (Å²) >= 11 is 0. The molecule has 0 saturated carbocycles. The summed E-state index contributed by atoms with van der Waals surface area (Å²) in [5.41, 5.74) is 2.26. The molecule has 0 fully saturated rings. The molecule has 0 atom stereocenters. The molecule has 0 aliphatic carbocycles. The van der Waals surface area contributed by atoms with Crippen LogP contribution in [-0.4, -0.2) is 38.0 Å². The highest BCUT2D eigenvalue weighted by Crippen LogP contribution is 2.38. The van der Waals surface area contributed by atoms with Crippen molar-refractivity contribution in [2.45, 2.75) is 6.54 Å². The van der Waals surface area contributed by atoms with E-state index in [0.29, 0.717) is 29.3 Å². The molecule has 1 aliphatic heterocycles. The molecule has 0 unspecified atom stereocenters. The maximum atomic E-state index is 13.6. The van der Waals surface area contributed by atoms with E-state index >= 15 is 0 Å². The fourth-order valence-electron chi connectivity index (χ4n) is 3.88. The molecule has 6 nitrogen and oxygen atoms in total. The summed E-state index contributed by atoms with van der Waals surface area (Å²) in [7, 11) is 4.75. The molecule has 0 aromatic heterocycles. The Labute approximate surface area is 191 Å². The third-order valence-corrected chi connectivity index (χ3v) is 5.46. The largest absolute Gasteiger partial charge is 0.493 e. The van der Waals surface area contributed by atoms with E-state index in [-0.39, 0.29) is 11.3 Å². The summed E-state index contributed by atoms with van der Waals surface area (Å²) in [6.07, 6.45) is 0. The lowest BCUT2D eigenvalue weighted by Gasteiger charge is -2.22. The number of carbonyl (C=O) groups excluding carboxylic acids is 2. The van der Waals surface area contributed by atoms with Gasteiger partial charge in [-0.15, -0.1) is 0 Å². The fourth-order valence-corrected chi connectivity index (χ4v) is 3.88. The van der Waals surface area contributed by atoms with Crippen LogP contribution in [0, 0.1) is 5.82 Å². The number of likely N-dealkylation sites (N-methyl/N-ethyl adjacent to an activating group) is 1. The van der Waals surface area contributed by atoms with Gasteiger partial charge in [0.05, 0.1) is 25.5 Å². The van der Waals surface area contributed by atoms with Gasteiger partial charge in [-0.2, -0.15) is 0 Å². The number of amides is 2. The molecule has 3 aromatic rings. The SMILES string of the molecule is COc1ccc(N2C(=O)C(c3ccc(F)cc3)=C(N(C)Cc3ccccc3)C2=O)cc1OC. The highest BCUT2D eigenvalue weighted by atomic mass is 19.1. The number of hydrogen-bond acceptors (Lipinski definition) is 5. The number of anilines is 1. The van der Waals surface area contributed by atoms with Gasteiger partial charge >= 0.3 is 0 Å². The maximum absolute atomic E-state index is 13.6. The smallest absolute Gasteiger partial charge is 0.282 e. The zero-order valence-electron chi connectivity index (χ0n) is 18.5. The lowest BCUT2D eigenvalue weighted by molar-refractivity contribution is -0.120. The normalized spacial score (nSPS) is 13.5. The van der Waals surface area contributed by atoms with Crippen LogP contribution in [0.25, 0.3) is 5.57 Å². The molecule has 0 spiro atoms. The van der Waals surface area contributed by atoms with Gasteiger partial charge in [-0.05, 0) is 35.4 Å². The van der Waals surface area contributed by atoms with E-state index in [1.807, 2.05) is 30.3 Å². The summed E-state index contributed by atoms with van der Waals surface area (Å²) in [4.78, 5) is 30.0. The second-order valence-electron chi connectivity index (χ2n) is 7.56. The van der Waals surface area contributed by atoms with Crippen molar-refractivity contribution in [1.29, 1.82) is 0 Å². The number of nitrogens with zero attached hydrogens (tertiary/aromatic N) is 2. The van der Waals surface area contributed by atoms with Gasteiger partial charge in [-0.1, -0.05) is 42.5 Å². The van der Waals surface area contributed by atoms with E-state index in [4.69, 9.17) is 9.47 Å². The van der Waals surface area contributed by atoms with Crippen molar-refractivity contribution in [3.8, 4) is 11.5 Å². The van der Waals surface area contributed by atoms with Gasteiger partial charge in [0, 0.05) is 19.7 Å². The van der Waals surface area contributed by atoms with E-state index < -0.39 is 17.6 Å². The molecule has 2 amide bonds. The summed E-state index contributed by atoms with van der Waals surface area (Å²) in [6.45, 7) is 0.416. The highest BCUT2D eigenvalue weighted by molar-refractivity contribution is 6.45. The quantitative estimate of drug-likeness (QED) is 0.508. The van der Waals surface area contributed by atoms with E-state index in [1.54, 1.807) is 30.1 Å². The predicted octanol–water partition coefficient (Wildman–Crippen LogP) is 4.26. The third kappa shape index (κ3) is 4.17. The van der Waals surface area contributed by atoms with Crippen molar-refractivity contribution in [3.63, 3.8) is 0 Å². The molecule has 0 bridgehead atoms. The van der Waals surface area contributed by atoms with Crippen molar-refractivity contribution in [2.24, 2.45) is 0 Å². The monoisotopic (exact) mass is 446 g/mol. The first-order valence-corrected chi connectivity index (χ1v) is 10.3. The van der Waals surface area contributed by atoms with Gasteiger partial charge in [-0.25, -0.2) is 9.29 Å². The Morgan fingerprint density at radius 2 is 1.52 bits per heavy atom. The number of carbonyl (C=O) groups is 2.